The number of non-ortho nitro benzene ring substituents is 1. The fourth-order valence-electron chi connectivity index (χ4n) is 4.93. The summed E-state index contributed by atoms with van der Waals surface area (Å²) in [5.74, 6) is -0.802. The van der Waals surface area contributed by atoms with Gasteiger partial charge in [0.15, 0.2) is 11.8 Å². The standard InChI is InChI=1S/C25H27N5O6/c1-4-25(33)17-12-19-21-15(10-14-11-16(30(34)35)6-7-18(14)27-21)13-29(19)23(31)20(17)22(36-24(25)32)26-8-5-9-28(2)3/h6-7,10-12,22,26,33H,4-5,8-9,13H2,1-3H3/t22?,25-/m0/s1. The van der Waals surface area contributed by atoms with Crippen LogP contribution in [0.3, 0.4) is 0 Å². The molecule has 3 aromatic rings. The molecule has 2 atom stereocenters. The number of carbonyl (C=O) groups excluding carboxylic acids is 1. The van der Waals surface area contributed by atoms with Crippen molar-refractivity contribution in [2.45, 2.75) is 38.1 Å². The third-order valence-corrected chi connectivity index (χ3v) is 6.89. The molecule has 2 aliphatic heterocycles. The highest BCUT2D eigenvalue weighted by molar-refractivity contribution is 5.87. The van der Waals surface area contributed by atoms with E-state index < -0.39 is 22.7 Å². The van der Waals surface area contributed by atoms with E-state index >= 15 is 0 Å². The van der Waals surface area contributed by atoms with Crippen LogP contribution >= 0.6 is 0 Å². The van der Waals surface area contributed by atoms with Gasteiger partial charge in [-0.1, -0.05) is 6.92 Å². The number of cyclic esters (lactones) is 1. The minimum atomic E-state index is -1.95. The molecule has 0 fully saturated rings. The van der Waals surface area contributed by atoms with E-state index in [1.807, 2.05) is 19.0 Å². The van der Waals surface area contributed by atoms with Gasteiger partial charge in [0.25, 0.3) is 11.2 Å². The number of aliphatic hydroxyl groups is 1. The van der Waals surface area contributed by atoms with Crippen molar-refractivity contribution >= 4 is 22.6 Å². The molecule has 1 unspecified atom stereocenters. The molecule has 0 aliphatic carbocycles. The molecular formula is C25H27N5O6. The van der Waals surface area contributed by atoms with Crippen LogP contribution in [0.4, 0.5) is 5.69 Å². The molecule has 0 saturated heterocycles. The SMILES string of the molecule is CC[C@@]1(O)C(=O)OC(NCCCN(C)C)c2c1cc1n(c2=O)Cc2cc3cc([N+](=O)[O-])ccc3nc2-1. The number of nitro benzene ring substituents is 1. The monoisotopic (exact) mass is 493 g/mol. The average molecular weight is 494 g/mol. The molecule has 2 aliphatic rings. The molecule has 1 aromatic carbocycles. The number of hydrogen-bond acceptors (Lipinski definition) is 9. The summed E-state index contributed by atoms with van der Waals surface area (Å²) in [5.41, 5.74) is 0.368. The molecule has 36 heavy (non-hydrogen) atoms. The molecule has 11 heteroatoms. The van der Waals surface area contributed by atoms with E-state index in [9.17, 15) is 24.8 Å². The Bertz CT molecular complexity index is 1470. The van der Waals surface area contributed by atoms with E-state index in [-0.39, 0.29) is 35.3 Å². The van der Waals surface area contributed by atoms with Gasteiger partial charge >= 0.3 is 5.97 Å². The van der Waals surface area contributed by atoms with E-state index in [1.54, 1.807) is 29.7 Å². The number of ether oxygens (including phenoxy) is 1. The van der Waals surface area contributed by atoms with Crippen LogP contribution < -0.4 is 10.9 Å². The Morgan fingerprint density at radius 1 is 1.31 bits per heavy atom. The zero-order chi connectivity index (χ0) is 25.8. The molecule has 0 saturated carbocycles. The van der Waals surface area contributed by atoms with Crippen LogP contribution in [0.1, 0.15) is 42.7 Å². The third-order valence-electron chi connectivity index (χ3n) is 6.89. The molecule has 2 aromatic heterocycles. The quantitative estimate of drug-likeness (QED) is 0.171. The molecular weight excluding hydrogens is 466 g/mol. The second-order valence-electron chi connectivity index (χ2n) is 9.49. The Labute approximate surface area is 206 Å². The Balaban J connectivity index is 1.62. The minimum absolute atomic E-state index is 0.0384. The number of carbonyl (C=O) groups is 1. The van der Waals surface area contributed by atoms with Gasteiger partial charge in [0.05, 0.1) is 33.9 Å². The maximum Gasteiger partial charge on any atom is 0.344 e. The summed E-state index contributed by atoms with van der Waals surface area (Å²) >= 11 is 0. The normalized spacial score (nSPS) is 20.2. The maximum absolute atomic E-state index is 13.8. The van der Waals surface area contributed by atoms with Crippen molar-refractivity contribution in [1.29, 1.82) is 0 Å². The molecule has 188 valence electrons. The molecule has 0 amide bonds. The lowest BCUT2D eigenvalue weighted by molar-refractivity contribution is -0.384. The Morgan fingerprint density at radius 3 is 2.78 bits per heavy atom. The van der Waals surface area contributed by atoms with Crippen LogP contribution in [0.15, 0.2) is 35.1 Å². The second-order valence-corrected chi connectivity index (χ2v) is 9.49. The van der Waals surface area contributed by atoms with Gasteiger partial charge in [0.2, 0.25) is 0 Å². The number of esters is 1. The van der Waals surface area contributed by atoms with Gasteiger partial charge in [0, 0.05) is 35.2 Å². The highest BCUT2D eigenvalue weighted by atomic mass is 16.6. The lowest BCUT2D eigenvalue weighted by Gasteiger charge is -2.36. The number of benzene rings is 1. The largest absolute Gasteiger partial charge is 0.440 e. The van der Waals surface area contributed by atoms with Gasteiger partial charge < -0.3 is 19.3 Å². The first-order chi connectivity index (χ1) is 17.1. The van der Waals surface area contributed by atoms with E-state index in [2.05, 4.69) is 10.3 Å². The van der Waals surface area contributed by atoms with Crippen molar-refractivity contribution in [2.75, 3.05) is 27.2 Å². The molecule has 0 radical (unpaired) electrons. The van der Waals surface area contributed by atoms with Gasteiger partial charge in [-0.25, -0.2) is 9.78 Å². The first-order valence-corrected chi connectivity index (χ1v) is 11.8. The predicted molar refractivity (Wildman–Crippen MR) is 131 cm³/mol. The van der Waals surface area contributed by atoms with Gasteiger partial charge in [0.1, 0.15) is 0 Å². The van der Waals surface area contributed by atoms with Gasteiger partial charge in [-0.3, -0.25) is 20.2 Å². The number of nitrogens with one attached hydrogen (secondary N) is 1. The highest BCUT2D eigenvalue weighted by Crippen LogP contribution is 2.41. The number of hydrogen-bond donors (Lipinski definition) is 2. The van der Waals surface area contributed by atoms with Crippen LogP contribution in [0.2, 0.25) is 0 Å². The number of fused-ring (bicyclic) bond motifs is 5. The van der Waals surface area contributed by atoms with E-state index in [0.29, 0.717) is 28.8 Å². The van der Waals surface area contributed by atoms with Gasteiger partial charge in [-0.15, -0.1) is 0 Å². The summed E-state index contributed by atoms with van der Waals surface area (Å²) in [6.45, 7) is 3.20. The smallest absolute Gasteiger partial charge is 0.344 e. The van der Waals surface area contributed by atoms with Crippen LogP contribution in [-0.2, 0) is 21.7 Å². The molecule has 4 heterocycles. The lowest BCUT2D eigenvalue weighted by atomic mass is 9.85. The van der Waals surface area contributed by atoms with E-state index in [4.69, 9.17) is 4.74 Å². The Hall–Kier alpha value is -3.67. The summed E-state index contributed by atoms with van der Waals surface area (Å²) in [4.78, 5) is 44.1. The summed E-state index contributed by atoms with van der Waals surface area (Å²) in [7, 11) is 3.92. The van der Waals surface area contributed by atoms with Crippen molar-refractivity contribution in [1.82, 2.24) is 19.8 Å². The number of aromatic nitrogens is 2. The zero-order valence-electron chi connectivity index (χ0n) is 20.3. The van der Waals surface area contributed by atoms with Crippen molar-refractivity contribution < 1.29 is 19.6 Å². The summed E-state index contributed by atoms with van der Waals surface area (Å²) < 4.78 is 7.09. The van der Waals surface area contributed by atoms with E-state index in [0.717, 1.165) is 18.5 Å². The number of rotatable bonds is 7. The molecule has 11 nitrogen and oxygen atoms in total. The highest BCUT2D eigenvalue weighted by Gasteiger charge is 2.48. The van der Waals surface area contributed by atoms with Crippen molar-refractivity contribution in [2.24, 2.45) is 0 Å². The van der Waals surface area contributed by atoms with Crippen molar-refractivity contribution in [3.8, 4) is 11.4 Å². The maximum atomic E-state index is 13.8. The number of nitro groups is 1. The lowest BCUT2D eigenvalue weighted by Crippen LogP contribution is -2.49. The average Bonchev–Trinajstić information content (AvgIpc) is 3.20. The topological polar surface area (TPSA) is 140 Å². The van der Waals surface area contributed by atoms with Crippen LogP contribution in [-0.4, -0.2) is 57.6 Å². The zero-order valence-corrected chi connectivity index (χ0v) is 20.3. The Morgan fingerprint density at radius 2 is 2.08 bits per heavy atom. The number of pyridine rings is 2. The van der Waals surface area contributed by atoms with Crippen LogP contribution in [0.25, 0.3) is 22.3 Å². The van der Waals surface area contributed by atoms with Gasteiger partial charge in [-0.05, 0) is 51.7 Å². The fraction of sp³-hybridized carbons (Fsp3) is 0.400. The molecule has 2 N–H and O–H groups in total. The summed E-state index contributed by atoms with van der Waals surface area (Å²) in [5, 5.41) is 26.2. The fourth-order valence-corrected chi connectivity index (χ4v) is 4.93. The van der Waals surface area contributed by atoms with Crippen molar-refractivity contribution in [3.63, 3.8) is 0 Å². The first-order valence-electron chi connectivity index (χ1n) is 11.8. The van der Waals surface area contributed by atoms with Crippen LogP contribution in [0, 0.1) is 10.1 Å². The predicted octanol–water partition coefficient (Wildman–Crippen LogP) is 2.03. The summed E-state index contributed by atoms with van der Waals surface area (Å²) in [6, 6.07) is 7.86. The molecule has 5 rings (SSSR count). The van der Waals surface area contributed by atoms with Gasteiger partial charge in [-0.2, -0.15) is 0 Å². The first kappa shape index (κ1) is 24.0. The third kappa shape index (κ3) is 3.76. The minimum Gasteiger partial charge on any atom is -0.440 e. The molecule has 0 bridgehead atoms. The van der Waals surface area contributed by atoms with E-state index in [1.165, 1.54) is 12.1 Å². The molecule has 0 spiro atoms. The van der Waals surface area contributed by atoms with Crippen molar-refractivity contribution in [3.05, 3.63) is 67.5 Å². The second kappa shape index (κ2) is 8.77. The Kier molecular flexibility index (Phi) is 5.86. The number of nitrogens with zero attached hydrogens (tertiary/aromatic N) is 4. The summed E-state index contributed by atoms with van der Waals surface area (Å²) in [6.07, 6.45) is -0.170. The van der Waals surface area contributed by atoms with Crippen LogP contribution in [0.5, 0.6) is 0 Å².